The molecule has 0 aliphatic rings. The minimum atomic E-state index is -2.09. The van der Waals surface area contributed by atoms with E-state index in [1.165, 1.54) is 44.9 Å². The molecule has 1 aromatic heterocycles. The van der Waals surface area contributed by atoms with Crippen molar-refractivity contribution < 1.29 is 45.5 Å². The zero-order chi connectivity index (χ0) is 33.2. The van der Waals surface area contributed by atoms with Crippen LogP contribution in [0, 0.1) is 13.1 Å². The number of nitrogens with zero attached hydrogens (tertiary/aromatic N) is 2. The van der Waals surface area contributed by atoms with Crippen LogP contribution in [0.3, 0.4) is 0 Å². The number of pyridine rings is 1. The summed E-state index contributed by atoms with van der Waals surface area (Å²) >= 11 is -2.09. The summed E-state index contributed by atoms with van der Waals surface area (Å²) in [5.41, 5.74) is 3.97. The Hall–Kier alpha value is -1.42. The Bertz CT molecular complexity index is 972. The number of carbonyl (C=O) groups excluding carboxylic acids is 1. The van der Waals surface area contributed by atoms with Crippen molar-refractivity contribution in [3.63, 3.8) is 0 Å². The van der Waals surface area contributed by atoms with Crippen LogP contribution in [0.25, 0.3) is 0 Å². The zero-order valence-electron chi connectivity index (χ0n) is 28.9. The Morgan fingerprint density at radius 2 is 1.32 bits per heavy atom. The van der Waals surface area contributed by atoms with Crippen LogP contribution in [0.4, 0.5) is 0 Å². The number of aryl methyl sites for hydroxylation is 3. The fraction of sp³-hybridized carbons (Fsp3) is 0.657. The van der Waals surface area contributed by atoms with Crippen LogP contribution >= 0.6 is 0 Å². The molecular weight excluding hydrogens is 608 g/mol. The van der Waals surface area contributed by atoms with Crippen LogP contribution < -0.4 is 0 Å². The van der Waals surface area contributed by atoms with Gasteiger partial charge in [-0.2, -0.15) is 6.07 Å². The van der Waals surface area contributed by atoms with Crippen molar-refractivity contribution in [3.8, 4) is 0 Å². The molecule has 2 aromatic rings. The van der Waals surface area contributed by atoms with E-state index in [-0.39, 0.29) is 39.8 Å². The number of benzene rings is 1. The van der Waals surface area contributed by atoms with E-state index < -0.39 is 11.1 Å². The normalized spacial score (nSPS) is 10.8. The molecule has 0 saturated heterocycles. The molecule has 0 fully saturated rings. The van der Waals surface area contributed by atoms with E-state index in [0.717, 1.165) is 49.0 Å². The summed E-state index contributed by atoms with van der Waals surface area (Å²) in [5, 5.41) is 16.1. The van der Waals surface area contributed by atoms with E-state index in [0.29, 0.717) is 10.6 Å². The first-order valence-electron chi connectivity index (χ1n) is 16.1. The van der Waals surface area contributed by atoms with Crippen LogP contribution in [0.2, 0.25) is 0 Å². The first-order chi connectivity index (χ1) is 20.3. The summed E-state index contributed by atoms with van der Waals surface area (Å²) in [6, 6.07) is 8.90. The molecule has 1 heterocycles. The van der Waals surface area contributed by atoms with Gasteiger partial charge in [0.25, 0.3) is 0 Å². The summed E-state index contributed by atoms with van der Waals surface area (Å²) < 4.78 is 20.6. The van der Waals surface area contributed by atoms with Crippen LogP contribution in [0.15, 0.2) is 35.2 Å². The van der Waals surface area contributed by atoms with E-state index in [4.69, 9.17) is 10.2 Å². The van der Waals surface area contributed by atoms with Gasteiger partial charge >= 0.3 is 21.7 Å². The number of amides is 1. The Balaban J connectivity index is -0.000000722. The number of unbranched alkanes of at least 4 members (excludes halogenated alkanes) is 6. The quantitative estimate of drug-likeness (QED) is 0.0927. The fourth-order valence-corrected chi connectivity index (χ4v) is 4.17. The van der Waals surface area contributed by atoms with Gasteiger partial charge in [-0.3, -0.25) is 9.00 Å². The number of hydrogen-bond donors (Lipinski definition) is 2. The standard InChI is InChI=1S/C22H37N2O.C7H8O2S.2C3H8O.Ti/c1-5-9-11-13-15-19-17-20(16-14-12-10-6-2)21(23-18-19)22(25)24(7-3)8-4;1-6-2-4-7(5-3-6)10(8)9;2*1-3(2)4;/h17H,5-16H2,1-4H3;2-5H,1H3,(H,8,9);2*3-4H,1-2H3;/q-1;;;;+2/p-1. The maximum Gasteiger partial charge on any atom is 2.00 e. The SMILES string of the molecule is CC(C)O.CC(C)O.CCCCCCc1[c-]nc(C(=O)N(CC)CC)c(CCCCCC)c1.Cc1ccc(S(=O)[O-])cc1.[Ti+2]. The molecule has 44 heavy (non-hydrogen) atoms. The Morgan fingerprint density at radius 1 is 0.864 bits per heavy atom. The molecule has 0 spiro atoms. The first kappa shape index (κ1) is 47.0. The van der Waals surface area contributed by atoms with Gasteiger partial charge in [0.05, 0.1) is 0 Å². The molecule has 7 nitrogen and oxygen atoms in total. The van der Waals surface area contributed by atoms with Gasteiger partial charge in [-0.1, -0.05) is 89.1 Å². The van der Waals surface area contributed by atoms with Gasteiger partial charge in [-0.15, -0.1) is 11.1 Å². The van der Waals surface area contributed by atoms with Crippen molar-refractivity contribution in [2.75, 3.05) is 13.1 Å². The minimum absolute atomic E-state index is 0. The van der Waals surface area contributed by atoms with Gasteiger partial charge in [-0.05, 0) is 84.5 Å². The maximum absolute atomic E-state index is 12.8. The number of carbonyl (C=O) groups is 1. The Morgan fingerprint density at radius 3 is 1.73 bits per heavy atom. The van der Waals surface area contributed by atoms with Gasteiger partial charge in [0, 0.05) is 35.9 Å². The largest absolute Gasteiger partial charge is 2.00 e. The van der Waals surface area contributed by atoms with Crippen LogP contribution in [-0.4, -0.2) is 60.1 Å². The van der Waals surface area contributed by atoms with Gasteiger partial charge in [0.15, 0.2) is 0 Å². The van der Waals surface area contributed by atoms with E-state index in [2.05, 4.69) is 31.1 Å². The molecule has 2 rings (SSSR count). The van der Waals surface area contributed by atoms with Crippen molar-refractivity contribution in [1.82, 2.24) is 9.88 Å². The summed E-state index contributed by atoms with van der Waals surface area (Å²) in [5.74, 6) is 0.0595. The maximum atomic E-state index is 12.8. The smallest absolute Gasteiger partial charge is 0.768 e. The van der Waals surface area contributed by atoms with Gasteiger partial charge < -0.3 is 24.6 Å². The number of aromatic nitrogens is 1. The monoisotopic (exact) mass is 668 g/mol. The Kier molecular flexibility index (Phi) is 32.3. The van der Waals surface area contributed by atoms with Crippen molar-refractivity contribution in [2.45, 2.75) is 144 Å². The summed E-state index contributed by atoms with van der Waals surface area (Å²) in [7, 11) is 0. The molecule has 0 saturated carbocycles. The third-order valence-electron chi connectivity index (χ3n) is 6.03. The minimum Gasteiger partial charge on any atom is -0.768 e. The van der Waals surface area contributed by atoms with Crippen LogP contribution in [0.5, 0.6) is 0 Å². The number of aliphatic hydroxyl groups excluding tert-OH is 2. The van der Waals surface area contributed by atoms with Crippen molar-refractivity contribution in [1.29, 1.82) is 0 Å². The average Bonchev–Trinajstić information content (AvgIpc) is 2.94. The summed E-state index contributed by atoms with van der Waals surface area (Å²) in [6.45, 7) is 18.8. The molecule has 1 aromatic carbocycles. The predicted octanol–water partition coefficient (Wildman–Crippen LogP) is 7.61. The predicted molar refractivity (Wildman–Crippen MR) is 179 cm³/mol. The molecule has 2 N–H and O–H groups in total. The van der Waals surface area contributed by atoms with Crippen molar-refractivity contribution in [3.05, 3.63) is 58.9 Å². The fourth-order valence-electron chi connectivity index (χ4n) is 3.81. The molecule has 0 aliphatic heterocycles. The molecule has 0 aliphatic carbocycles. The molecule has 0 radical (unpaired) electrons. The van der Waals surface area contributed by atoms with E-state index in [1.807, 2.05) is 25.7 Å². The molecule has 250 valence electrons. The van der Waals surface area contributed by atoms with E-state index >= 15 is 0 Å². The van der Waals surface area contributed by atoms with E-state index in [1.54, 1.807) is 52.0 Å². The first-order valence-corrected chi connectivity index (χ1v) is 17.1. The van der Waals surface area contributed by atoms with Crippen LogP contribution in [-0.2, 0) is 45.6 Å². The molecule has 0 bridgehead atoms. The topological polar surface area (TPSA) is 114 Å². The average molecular weight is 669 g/mol. The summed E-state index contributed by atoms with van der Waals surface area (Å²) in [6.07, 6.45) is 14.6. The second-order valence-electron chi connectivity index (χ2n) is 11.1. The van der Waals surface area contributed by atoms with Crippen molar-refractivity contribution in [2.24, 2.45) is 0 Å². The van der Waals surface area contributed by atoms with Gasteiger partial charge in [-0.25, -0.2) is 0 Å². The Labute approximate surface area is 286 Å². The molecule has 1 unspecified atom stereocenters. The van der Waals surface area contributed by atoms with Crippen molar-refractivity contribution >= 4 is 17.0 Å². The molecule has 9 heteroatoms. The molecular formula is C35H60N2O5STi. The van der Waals surface area contributed by atoms with Gasteiger partial charge in [0.1, 0.15) is 0 Å². The summed E-state index contributed by atoms with van der Waals surface area (Å²) in [4.78, 5) is 19.4. The zero-order valence-corrected chi connectivity index (χ0v) is 31.3. The van der Waals surface area contributed by atoms with E-state index in [9.17, 15) is 13.6 Å². The second-order valence-corrected chi connectivity index (χ2v) is 12.0. The van der Waals surface area contributed by atoms with Crippen LogP contribution in [0.1, 0.15) is 134 Å². The molecule has 1 atom stereocenters. The molecule has 1 amide bonds. The second kappa shape index (κ2) is 30.2. The number of hydrogen-bond acceptors (Lipinski definition) is 6. The number of rotatable bonds is 14. The van der Waals surface area contributed by atoms with Gasteiger partial charge in [0.2, 0.25) is 5.91 Å². The third kappa shape index (κ3) is 25.9. The third-order valence-corrected chi connectivity index (χ3v) is 6.69. The number of aliphatic hydroxyl groups is 2.